The van der Waals surface area contributed by atoms with E-state index in [1.807, 2.05) is 20.8 Å². The smallest absolute Gasteiger partial charge is 0.410 e. The van der Waals surface area contributed by atoms with Crippen LogP contribution in [-0.4, -0.2) is 54.0 Å². The molecule has 0 radical (unpaired) electrons. The molecule has 0 fully saturated rings. The van der Waals surface area contributed by atoms with Gasteiger partial charge >= 0.3 is 6.09 Å². The van der Waals surface area contributed by atoms with Gasteiger partial charge in [0, 0.05) is 19.6 Å². The Kier molecular flexibility index (Phi) is 9.59. The predicted molar refractivity (Wildman–Crippen MR) is 81.9 cm³/mol. The lowest BCUT2D eigenvalue weighted by Crippen LogP contribution is -2.43. The van der Waals surface area contributed by atoms with Crippen LogP contribution in [0, 0.1) is 0 Å². The number of rotatable bonds is 9. The van der Waals surface area contributed by atoms with Gasteiger partial charge in [0.05, 0.1) is 6.10 Å². The second-order valence-electron chi connectivity index (χ2n) is 6.23. The highest BCUT2D eigenvalue weighted by molar-refractivity contribution is 5.68. The fourth-order valence-electron chi connectivity index (χ4n) is 1.74. The molecule has 1 atom stereocenters. The van der Waals surface area contributed by atoms with E-state index in [4.69, 9.17) is 4.74 Å². The number of hydrogen-bond acceptors (Lipinski definition) is 4. The van der Waals surface area contributed by atoms with Gasteiger partial charge in [0.2, 0.25) is 0 Å². The first-order valence-electron chi connectivity index (χ1n) is 7.63. The topological polar surface area (TPSA) is 61.8 Å². The third-order valence-corrected chi connectivity index (χ3v) is 2.65. The van der Waals surface area contributed by atoms with E-state index < -0.39 is 11.7 Å². The monoisotopic (exact) mass is 288 g/mol. The number of aliphatic hydroxyl groups is 1. The van der Waals surface area contributed by atoms with Crippen LogP contribution in [0.25, 0.3) is 0 Å². The molecule has 0 spiro atoms. The van der Waals surface area contributed by atoms with Gasteiger partial charge in [-0.15, -0.1) is 0 Å². The lowest BCUT2D eigenvalue weighted by molar-refractivity contribution is 0.0164. The van der Waals surface area contributed by atoms with Crippen LogP contribution in [0.5, 0.6) is 0 Å². The molecule has 1 unspecified atom stereocenters. The summed E-state index contributed by atoms with van der Waals surface area (Å²) in [5.74, 6) is 0. The quantitative estimate of drug-likeness (QED) is 0.640. The van der Waals surface area contributed by atoms with Crippen LogP contribution in [0.3, 0.4) is 0 Å². The molecule has 120 valence electrons. The Morgan fingerprint density at radius 3 is 2.45 bits per heavy atom. The number of unbranched alkanes of at least 4 members (excludes halogenated alkanes) is 2. The summed E-state index contributed by atoms with van der Waals surface area (Å²) in [6, 6.07) is 0. The van der Waals surface area contributed by atoms with Gasteiger partial charge in [-0.3, -0.25) is 0 Å². The molecule has 0 aromatic rings. The van der Waals surface area contributed by atoms with Crippen LogP contribution in [0.4, 0.5) is 4.79 Å². The maximum atomic E-state index is 12.0. The maximum Gasteiger partial charge on any atom is 0.410 e. The Balaban J connectivity index is 4.11. The van der Waals surface area contributed by atoms with Gasteiger partial charge < -0.3 is 20.1 Å². The number of amides is 1. The summed E-state index contributed by atoms with van der Waals surface area (Å²) < 4.78 is 5.34. The highest BCUT2D eigenvalue weighted by atomic mass is 16.6. The molecule has 5 nitrogen and oxygen atoms in total. The summed E-state index contributed by atoms with van der Waals surface area (Å²) in [5, 5.41) is 12.8. The molecule has 20 heavy (non-hydrogen) atoms. The zero-order valence-corrected chi connectivity index (χ0v) is 13.7. The average molecular weight is 288 g/mol. The normalized spacial score (nSPS) is 13.1. The van der Waals surface area contributed by atoms with Crippen molar-refractivity contribution in [2.45, 2.75) is 65.6 Å². The first kappa shape index (κ1) is 19.2. The van der Waals surface area contributed by atoms with Crippen LogP contribution in [0.2, 0.25) is 0 Å². The minimum absolute atomic E-state index is 0.297. The summed E-state index contributed by atoms with van der Waals surface area (Å²) in [6.07, 6.45) is 2.65. The Morgan fingerprint density at radius 2 is 1.95 bits per heavy atom. The first-order chi connectivity index (χ1) is 9.26. The van der Waals surface area contributed by atoms with E-state index in [0.717, 1.165) is 19.5 Å². The highest BCUT2D eigenvalue weighted by Crippen LogP contribution is 2.10. The van der Waals surface area contributed by atoms with Crippen molar-refractivity contribution in [2.24, 2.45) is 0 Å². The zero-order chi connectivity index (χ0) is 15.6. The van der Waals surface area contributed by atoms with Crippen molar-refractivity contribution < 1.29 is 14.6 Å². The Labute approximate surface area is 123 Å². The van der Waals surface area contributed by atoms with Crippen molar-refractivity contribution in [3.63, 3.8) is 0 Å². The fraction of sp³-hybridized carbons (Fsp3) is 0.933. The largest absolute Gasteiger partial charge is 0.444 e. The first-order valence-corrected chi connectivity index (χ1v) is 7.63. The second kappa shape index (κ2) is 10.00. The highest BCUT2D eigenvalue weighted by Gasteiger charge is 2.22. The van der Waals surface area contributed by atoms with Crippen LogP contribution >= 0.6 is 0 Å². The summed E-state index contributed by atoms with van der Waals surface area (Å²) >= 11 is 0. The minimum atomic E-state index is -0.553. The SMILES string of the molecule is CCCCCNCCN(CC(C)O)C(=O)OC(C)(C)C. The van der Waals surface area contributed by atoms with E-state index in [1.165, 1.54) is 12.8 Å². The van der Waals surface area contributed by atoms with Crippen LogP contribution < -0.4 is 5.32 Å². The number of ether oxygens (including phenoxy) is 1. The van der Waals surface area contributed by atoms with E-state index in [1.54, 1.807) is 11.8 Å². The van der Waals surface area contributed by atoms with Gasteiger partial charge in [0.15, 0.2) is 0 Å². The van der Waals surface area contributed by atoms with E-state index >= 15 is 0 Å². The fourth-order valence-corrected chi connectivity index (χ4v) is 1.74. The van der Waals surface area contributed by atoms with Crippen molar-refractivity contribution in [3.05, 3.63) is 0 Å². The Morgan fingerprint density at radius 1 is 1.30 bits per heavy atom. The Bertz CT molecular complexity index is 262. The molecular weight excluding hydrogens is 256 g/mol. The summed E-state index contributed by atoms with van der Waals surface area (Å²) in [5.41, 5.74) is -0.511. The van der Waals surface area contributed by atoms with Crippen molar-refractivity contribution in [1.29, 1.82) is 0 Å². The van der Waals surface area contributed by atoms with Crippen molar-refractivity contribution in [1.82, 2.24) is 10.2 Å². The molecule has 1 amide bonds. The number of aliphatic hydroxyl groups excluding tert-OH is 1. The van der Waals surface area contributed by atoms with E-state index in [-0.39, 0.29) is 6.09 Å². The van der Waals surface area contributed by atoms with Gasteiger partial charge in [-0.25, -0.2) is 4.79 Å². The molecule has 2 N–H and O–H groups in total. The molecule has 0 aromatic carbocycles. The molecule has 5 heteroatoms. The molecule has 0 heterocycles. The van der Waals surface area contributed by atoms with E-state index in [9.17, 15) is 9.90 Å². The molecule has 0 saturated carbocycles. The van der Waals surface area contributed by atoms with Crippen molar-refractivity contribution >= 4 is 6.09 Å². The molecule has 0 bridgehead atoms. The summed E-state index contributed by atoms with van der Waals surface area (Å²) in [7, 11) is 0. The standard InChI is InChI=1S/C15H32N2O3/c1-6-7-8-9-16-10-11-17(12-13(2)18)14(19)20-15(3,4)5/h13,16,18H,6-12H2,1-5H3. The zero-order valence-electron chi connectivity index (χ0n) is 13.7. The average Bonchev–Trinajstić information content (AvgIpc) is 2.29. The molecule has 0 saturated heterocycles. The van der Waals surface area contributed by atoms with Gasteiger partial charge in [-0.2, -0.15) is 0 Å². The molecule has 0 aromatic heterocycles. The van der Waals surface area contributed by atoms with E-state index in [0.29, 0.717) is 13.1 Å². The number of hydrogen-bond donors (Lipinski definition) is 2. The van der Waals surface area contributed by atoms with Gasteiger partial charge in [0.1, 0.15) is 5.60 Å². The predicted octanol–water partition coefficient (Wildman–Crippen LogP) is 2.38. The van der Waals surface area contributed by atoms with Gasteiger partial charge in [0.25, 0.3) is 0 Å². The molecule has 0 aliphatic carbocycles. The molecule has 0 aliphatic rings. The van der Waals surface area contributed by atoms with Crippen molar-refractivity contribution in [3.8, 4) is 0 Å². The second-order valence-corrected chi connectivity index (χ2v) is 6.23. The number of nitrogens with one attached hydrogen (secondary N) is 1. The number of carbonyl (C=O) groups excluding carboxylic acids is 1. The molecule has 0 rings (SSSR count). The van der Waals surface area contributed by atoms with Crippen molar-refractivity contribution in [2.75, 3.05) is 26.2 Å². The summed E-state index contributed by atoms with van der Waals surface area (Å²) in [6.45, 7) is 11.9. The third-order valence-electron chi connectivity index (χ3n) is 2.65. The van der Waals surface area contributed by atoms with E-state index in [2.05, 4.69) is 12.2 Å². The number of nitrogens with zero attached hydrogens (tertiary/aromatic N) is 1. The van der Waals surface area contributed by atoms with Gasteiger partial charge in [-0.05, 0) is 40.7 Å². The lowest BCUT2D eigenvalue weighted by atomic mass is 10.2. The summed E-state index contributed by atoms with van der Waals surface area (Å²) in [4.78, 5) is 13.6. The van der Waals surface area contributed by atoms with Gasteiger partial charge in [-0.1, -0.05) is 19.8 Å². The number of carbonyl (C=O) groups is 1. The molecule has 0 aliphatic heterocycles. The maximum absolute atomic E-state index is 12.0. The molecular formula is C15H32N2O3. The van der Waals surface area contributed by atoms with Crippen LogP contribution in [-0.2, 0) is 4.74 Å². The van der Waals surface area contributed by atoms with Crippen LogP contribution in [0.1, 0.15) is 53.9 Å². The minimum Gasteiger partial charge on any atom is -0.444 e. The Hall–Kier alpha value is -0.810. The third kappa shape index (κ3) is 11.1. The lowest BCUT2D eigenvalue weighted by Gasteiger charge is -2.28. The van der Waals surface area contributed by atoms with Crippen LogP contribution in [0.15, 0.2) is 0 Å².